The van der Waals surface area contributed by atoms with E-state index in [0.717, 1.165) is 36.6 Å². The Morgan fingerprint density at radius 1 is 1.03 bits per heavy atom. The number of amides is 1. The molecule has 1 N–H and O–H groups in total. The van der Waals surface area contributed by atoms with E-state index in [4.69, 9.17) is 0 Å². The van der Waals surface area contributed by atoms with Crippen LogP contribution in [0.5, 0.6) is 0 Å². The van der Waals surface area contributed by atoms with Gasteiger partial charge in [0.1, 0.15) is 6.04 Å². The van der Waals surface area contributed by atoms with Crippen LogP contribution < -0.4 is 5.32 Å². The molecule has 1 aliphatic heterocycles. The average molecular weight is 454 g/mol. The smallest absolute Gasteiger partial charge is 0.243 e. The van der Waals surface area contributed by atoms with Crippen LogP contribution in [-0.2, 0) is 21.2 Å². The van der Waals surface area contributed by atoms with Gasteiger partial charge in [0.15, 0.2) is 0 Å². The third kappa shape index (κ3) is 4.74. The summed E-state index contributed by atoms with van der Waals surface area (Å²) in [4.78, 5) is 13.2. The van der Waals surface area contributed by atoms with Gasteiger partial charge in [-0.2, -0.15) is 4.31 Å². The number of nitrogens with one attached hydrogen (secondary N) is 1. The zero-order chi connectivity index (χ0) is 22.6. The molecule has 1 amide bonds. The van der Waals surface area contributed by atoms with Crippen molar-refractivity contribution in [3.63, 3.8) is 0 Å². The number of piperidine rings is 1. The first-order chi connectivity index (χ1) is 15.5. The highest BCUT2D eigenvalue weighted by atomic mass is 32.2. The standard InChI is InChI=1S/C25H31N3O3S/c1-2-23(25(29)26-15-13-20-9-5-3-6-10-20)28-18-14-21-19-22(11-12-24(21)28)32(30,31)27-16-7-4-8-17-27/h3,5-6,9-12,14,18-19,23H,2,4,7-8,13,15-17H2,1H3,(H,26,29). The zero-order valence-corrected chi connectivity index (χ0v) is 19.4. The molecule has 1 fully saturated rings. The fraction of sp³-hybridized carbons (Fsp3) is 0.400. The molecule has 3 aromatic rings. The van der Waals surface area contributed by atoms with Crippen LogP contribution in [0.15, 0.2) is 65.7 Å². The van der Waals surface area contributed by atoms with Crippen molar-refractivity contribution in [2.24, 2.45) is 0 Å². The Morgan fingerprint density at radius 3 is 2.50 bits per heavy atom. The number of benzene rings is 2. The lowest BCUT2D eigenvalue weighted by molar-refractivity contribution is -0.124. The van der Waals surface area contributed by atoms with Crippen LogP contribution in [0.4, 0.5) is 0 Å². The van der Waals surface area contributed by atoms with Crippen LogP contribution in [0.25, 0.3) is 10.9 Å². The lowest BCUT2D eigenvalue weighted by atomic mass is 10.1. The molecule has 1 aromatic heterocycles. The molecular formula is C25H31N3O3S. The molecule has 32 heavy (non-hydrogen) atoms. The van der Waals surface area contributed by atoms with Crippen molar-refractivity contribution in [3.8, 4) is 0 Å². The molecule has 1 saturated heterocycles. The quantitative estimate of drug-likeness (QED) is 0.558. The molecule has 7 heteroatoms. The van der Waals surface area contributed by atoms with Crippen LogP contribution in [0.3, 0.4) is 0 Å². The van der Waals surface area contributed by atoms with Crippen LogP contribution in [-0.4, -0.2) is 42.8 Å². The minimum atomic E-state index is -3.48. The normalized spacial score (nSPS) is 16.2. The second-order valence-electron chi connectivity index (χ2n) is 8.36. The second kappa shape index (κ2) is 9.88. The van der Waals surface area contributed by atoms with Gasteiger partial charge in [-0.3, -0.25) is 4.79 Å². The van der Waals surface area contributed by atoms with E-state index in [9.17, 15) is 13.2 Å². The maximum Gasteiger partial charge on any atom is 0.243 e. The number of nitrogens with zero attached hydrogens (tertiary/aromatic N) is 2. The van der Waals surface area contributed by atoms with Crippen LogP contribution in [0.2, 0.25) is 0 Å². The van der Waals surface area contributed by atoms with Crippen molar-refractivity contribution >= 4 is 26.8 Å². The number of sulfonamides is 1. The maximum absolute atomic E-state index is 13.0. The first kappa shape index (κ1) is 22.6. The van der Waals surface area contributed by atoms with E-state index in [1.807, 2.05) is 48.0 Å². The summed E-state index contributed by atoms with van der Waals surface area (Å²) < 4.78 is 29.6. The van der Waals surface area contributed by atoms with E-state index in [1.165, 1.54) is 5.56 Å². The highest BCUT2D eigenvalue weighted by Gasteiger charge is 2.27. The predicted octanol–water partition coefficient (Wildman–Crippen LogP) is 4.13. The summed E-state index contributed by atoms with van der Waals surface area (Å²) in [5, 5.41) is 3.88. The van der Waals surface area contributed by atoms with E-state index in [-0.39, 0.29) is 11.9 Å². The van der Waals surface area contributed by atoms with Gasteiger partial charge in [0.25, 0.3) is 0 Å². The Morgan fingerprint density at radius 2 is 1.78 bits per heavy atom. The van der Waals surface area contributed by atoms with Crippen molar-refractivity contribution in [2.45, 2.75) is 50.0 Å². The lowest BCUT2D eigenvalue weighted by Gasteiger charge is -2.26. The summed E-state index contributed by atoms with van der Waals surface area (Å²) >= 11 is 0. The Hall–Kier alpha value is -2.64. The third-order valence-corrected chi connectivity index (χ3v) is 8.12. The Labute approximate surface area is 190 Å². The van der Waals surface area contributed by atoms with Gasteiger partial charge in [0.05, 0.1) is 4.90 Å². The molecule has 2 heterocycles. The fourth-order valence-corrected chi connectivity index (χ4v) is 5.98. The molecule has 0 aliphatic carbocycles. The number of carbonyl (C=O) groups is 1. The number of rotatable bonds is 8. The van der Waals surface area contributed by atoms with E-state index < -0.39 is 10.0 Å². The largest absolute Gasteiger partial charge is 0.354 e. The van der Waals surface area contributed by atoms with E-state index in [0.29, 0.717) is 31.0 Å². The first-order valence-corrected chi connectivity index (χ1v) is 12.9. The van der Waals surface area contributed by atoms with Gasteiger partial charge in [0, 0.05) is 36.7 Å². The van der Waals surface area contributed by atoms with E-state index in [2.05, 4.69) is 17.4 Å². The maximum atomic E-state index is 13.0. The predicted molar refractivity (Wildman–Crippen MR) is 127 cm³/mol. The molecule has 0 saturated carbocycles. The summed E-state index contributed by atoms with van der Waals surface area (Å²) in [6.07, 6.45) is 6.22. The summed E-state index contributed by atoms with van der Waals surface area (Å²) in [7, 11) is -3.48. The van der Waals surface area contributed by atoms with Crippen molar-refractivity contribution in [1.29, 1.82) is 0 Å². The third-order valence-electron chi connectivity index (χ3n) is 6.23. The summed E-state index contributed by atoms with van der Waals surface area (Å²) in [5.41, 5.74) is 2.06. The molecule has 0 bridgehead atoms. The molecule has 4 rings (SSSR count). The highest BCUT2D eigenvalue weighted by Crippen LogP contribution is 2.27. The van der Waals surface area contributed by atoms with Crippen molar-refractivity contribution in [3.05, 3.63) is 66.4 Å². The van der Waals surface area contributed by atoms with Gasteiger partial charge in [-0.1, -0.05) is 43.7 Å². The van der Waals surface area contributed by atoms with Gasteiger partial charge in [-0.25, -0.2) is 8.42 Å². The number of carbonyl (C=O) groups excluding carboxylic acids is 1. The Balaban J connectivity index is 1.50. The molecule has 1 aliphatic rings. The van der Waals surface area contributed by atoms with Crippen molar-refractivity contribution < 1.29 is 13.2 Å². The first-order valence-electron chi connectivity index (χ1n) is 11.4. The number of fused-ring (bicyclic) bond motifs is 1. The topological polar surface area (TPSA) is 71.4 Å². The molecule has 2 aromatic carbocycles. The van der Waals surface area contributed by atoms with Gasteiger partial charge in [-0.05, 0) is 55.5 Å². The summed E-state index contributed by atoms with van der Waals surface area (Å²) in [5.74, 6) is -0.0223. The minimum absolute atomic E-state index is 0.0223. The van der Waals surface area contributed by atoms with Gasteiger partial charge in [0.2, 0.25) is 15.9 Å². The number of aromatic nitrogens is 1. The van der Waals surface area contributed by atoms with Crippen LogP contribution in [0, 0.1) is 0 Å². The Kier molecular flexibility index (Phi) is 6.96. The van der Waals surface area contributed by atoms with Gasteiger partial charge in [-0.15, -0.1) is 0 Å². The molecule has 1 unspecified atom stereocenters. The summed E-state index contributed by atoms with van der Waals surface area (Å²) in [6, 6.07) is 16.9. The zero-order valence-electron chi connectivity index (χ0n) is 18.5. The summed E-state index contributed by atoms with van der Waals surface area (Å²) in [6.45, 7) is 3.74. The van der Waals surface area contributed by atoms with Crippen LogP contribution in [0.1, 0.15) is 44.2 Å². The second-order valence-corrected chi connectivity index (χ2v) is 10.3. The molecule has 170 valence electrons. The van der Waals surface area contributed by atoms with E-state index in [1.54, 1.807) is 16.4 Å². The Bertz CT molecular complexity index is 1170. The monoisotopic (exact) mass is 453 g/mol. The number of hydrogen-bond donors (Lipinski definition) is 1. The molecule has 0 radical (unpaired) electrons. The molecular weight excluding hydrogens is 422 g/mol. The average Bonchev–Trinajstić information content (AvgIpc) is 3.24. The van der Waals surface area contributed by atoms with Gasteiger partial charge >= 0.3 is 0 Å². The molecule has 0 spiro atoms. The SMILES string of the molecule is CCC(C(=O)NCCc1ccccc1)n1ccc2cc(S(=O)(=O)N3CCCCC3)ccc21. The number of hydrogen-bond acceptors (Lipinski definition) is 3. The molecule has 1 atom stereocenters. The lowest BCUT2D eigenvalue weighted by Crippen LogP contribution is -2.35. The van der Waals surface area contributed by atoms with Crippen molar-refractivity contribution in [1.82, 2.24) is 14.2 Å². The fourth-order valence-electron chi connectivity index (χ4n) is 4.43. The highest BCUT2D eigenvalue weighted by molar-refractivity contribution is 7.89. The molecule has 6 nitrogen and oxygen atoms in total. The van der Waals surface area contributed by atoms with E-state index >= 15 is 0 Å². The minimum Gasteiger partial charge on any atom is -0.354 e. The van der Waals surface area contributed by atoms with Gasteiger partial charge < -0.3 is 9.88 Å². The van der Waals surface area contributed by atoms with Crippen LogP contribution >= 0.6 is 0 Å². The van der Waals surface area contributed by atoms with Crippen molar-refractivity contribution in [2.75, 3.05) is 19.6 Å².